The fraction of sp³-hybridized carbons (Fsp3) is 0.500. The van der Waals surface area contributed by atoms with Crippen molar-refractivity contribution in [2.24, 2.45) is 0 Å². The molecule has 1 aromatic rings. The van der Waals surface area contributed by atoms with Crippen LogP contribution in [0, 0.1) is 0 Å². The van der Waals surface area contributed by atoms with Gasteiger partial charge in [0.1, 0.15) is 12.9 Å². The smallest absolute Gasteiger partial charge is 0.305 e. The molecule has 0 aromatic carbocycles. The van der Waals surface area contributed by atoms with E-state index in [1.54, 1.807) is 24.9 Å². The second-order valence-corrected chi connectivity index (χ2v) is 3.93. The molecule has 0 aliphatic rings. The predicted molar refractivity (Wildman–Crippen MR) is 59.4 cm³/mol. The van der Waals surface area contributed by atoms with E-state index in [0.717, 1.165) is 17.2 Å². The fourth-order valence-corrected chi connectivity index (χ4v) is 1.62. The Morgan fingerprint density at radius 1 is 1.60 bits per heavy atom. The third kappa shape index (κ3) is 5.37. The normalized spacial score (nSPS) is 9.93. The summed E-state index contributed by atoms with van der Waals surface area (Å²) in [6, 6.07) is 1.88. The molecule has 0 N–H and O–H groups in total. The molecule has 4 nitrogen and oxygen atoms in total. The number of esters is 1. The zero-order valence-corrected chi connectivity index (χ0v) is 9.50. The van der Waals surface area contributed by atoms with Gasteiger partial charge < -0.3 is 4.74 Å². The van der Waals surface area contributed by atoms with Crippen LogP contribution in [0.4, 0.5) is 0 Å². The molecule has 0 saturated carbocycles. The first-order valence-electron chi connectivity index (χ1n) is 4.81. The summed E-state index contributed by atoms with van der Waals surface area (Å²) in [5.74, 6) is 1.49. The van der Waals surface area contributed by atoms with E-state index in [2.05, 4.69) is 9.97 Å². The molecule has 0 aliphatic carbocycles. The Morgan fingerprint density at radius 2 is 2.47 bits per heavy atom. The van der Waals surface area contributed by atoms with E-state index in [0.29, 0.717) is 13.0 Å². The van der Waals surface area contributed by atoms with E-state index in [-0.39, 0.29) is 5.97 Å². The van der Waals surface area contributed by atoms with E-state index >= 15 is 0 Å². The summed E-state index contributed by atoms with van der Waals surface area (Å²) < 4.78 is 4.94. The molecule has 5 heteroatoms. The summed E-state index contributed by atoms with van der Waals surface area (Å²) in [5.41, 5.74) is 0.997. The molecule has 1 aromatic heterocycles. The Hall–Kier alpha value is -1.10. The zero-order chi connectivity index (χ0) is 10.9. The van der Waals surface area contributed by atoms with Crippen LogP contribution in [0.5, 0.6) is 0 Å². The van der Waals surface area contributed by atoms with Crippen molar-refractivity contribution in [1.29, 1.82) is 0 Å². The van der Waals surface area contributed by atoms with Gasteiger partial charge in [0, 0.05) is 24.1 Å². The van der Waals surface area contributed by atoms with Crippen LogP contribution in [0.15, 0.2) is 18.6 Å². The van der Waals surface area contributed by atoms with Gasteiger partial charge >= 0.3 is 5.97 Å². The summed E-state index contributed by atoms with van der Waals surface area (Å²) >= 11 is 1.69. The molecule has 1 rings (SSSR count). The van der Waals surface area contributed by atoms with Gasteiger partial charge in [0.15, 0.2) is 0 Å². The molecule has 0 bridgehead atoms. The van der Waals surface area contributed by atoms with Crippen LogP contribution in [0.2, 0.25) is 0 Å². The van der Waals surface area contributed by atoms with Crippen LogP contribution in [-0.4, -0.2) is 28.3 Å². The molecule has 0 aliphatic heterocycles. The molecule has 0 atom stereocenters. The van der Waals surface area contributed by atoms with E-state index in [1.807, 2.05) is 6.07 Å². The number of aromatic nitrogens is 2. The molecule has 0 spiro atoms. The van der Waals surface area contributed by atoms with E-state index in [9.17, 15) is 4.79 Å². The second kappa shape index (κ2) is 7.23. The van der Waals surface area contributed by atoms with Crippen molar-refractivity contribution >= 4 is 17.7 Å². The number of rotatable bonds is 6. The Labute approximate surface area is 93.5 Å². The first-order chi connectivity index (χ1) is 7.33. The largest absolute Gasteiger partial charge is 0.465 e. The third-order valence-corrected chi connectivity index (χ3v) is 2.63. The minimum Gasteiger partial charge on any atom is -0.465 e. The highest BCUT2D eigenvalue weighted by Crippen LogP contribution is 2.08. The number of carbonyl (C=O) groups is 1. The Kier molecular flexibility index (Phi) is 5.77. The number of nitrogens with zero attached hydrogens (tertiary/aromatic N) is 2. The van der Waals surface area contributed by atoms with Crippen LogP contribution in [0.3, 0.4) is 0 Å². The summed E-state index contributed by atoms with van der Waals surface area (Å²) in [6.07, 6.45) is 3.70. The maximum absolute atomic E-state index is 10.8. The van der Waals surface area contributed by atoms with Gasteiger partial charge in [-0.1, -0.05) is 6.92 Å². The number of hydrogen-bond acceptors (Lipinski definition) is 5. The first kappa shape index (κ1) is 12.0. The van der Waals surface area contributed by atoms with Crippen molar-refractivity contribution in [1.82, 2.24) is 9.97 Å². The van der Waals surface area contributed by atoms with Crippen LogP contribution >= 0.6 is 11.8 Å². The second-order valence-electron chi connectivity index (χ2n) is 2.83. The topological polar surface area (TPSA) is 52.1 Å². The molecule has 1 heterocycles. The average molecular weight is 226 g/mol. The highest BCUT2D eigenvalue weighted by atomic mass is 32.2. The molecule has 0 unspecified atom stereocenters. The Balaban J connectivity index is 2.05. The van der Waals surface area contributed by atoms with Gasteiger partial charge in [-0.05, 0) is 6.07 Å². The van der Waals surface area contributed by atoms with Crippen molar-refractivity contribution in [2.75, 3.05) is 12.4 Å². The van der Waals surface area contributed by atoms with Crippen LogP contribution in [0.25, 0.3) is 0 Å². The number of hydrogen-bond donors (Lipinski definition) is 0. The van der Waals surface area contributed by atoms with Crippen molar-refractivity contribution in [3.63, 3.8) is 0 Å². The summed E-state index contributed by atoms with van der Waals surface area (Å²) in [5, 5.41) is 0. The van der Waals surface area contributed by atoms with E-state index < -0.39 is 0 Å². The van der Waals surface area contributed by atoms with E-state index in [4.69, 9.17) is 4.74 Å². The van der Waals surface area contributed by atoms with Crippen molar-refractivity contribution in [3.05, 3.63) is 24.3 Å². The quantitative estimate of drug-likeness (QED) is 0.545. The number of thioether (sulfide) groups is 1. The van der Waals surface area contributed by atoms with Crippen LogP contribution in [0.1, 0.15) is 19.0 Å². The monoisotopic (exact) mass is 226 g/mol. The van der Waals surface area contributed by atoms with Gasteiger partial charge in [-0.2, -0.15) is 11.8 Å². The maximum atomic E-state index is 10.8. The maximum Gasteiger partial charge on any atom is 0.305 e. The van der Waals surface area contributed by atoms with Gasteiger partial charge in [0.05, 0.1) is 5.69 Å². The van der Waals surface area contributed by atoms with Crippen LogP contribution < -0.4 is 0 Å². The SMILES string of the molecule is CCC(=O)OCCSCc1ccncn1. The number of carbonyl (C=O) groups excluding carboxylic acids is 1. The lowest BCUT2D eigenvalue weighted by molar-refractivity contribution is -0.142. The molecular formula is C10H14N2O2S. The lowest BCUT2D eigenvalue weighted by Gasteiger charge is -2.02. The van der Waals surface area contributed by atoms with Crippen molar-refractivity contribution in [2.45, 2.75) is 19.1 Å². The average Bonchev–Trinajstić information content (AvgIpc) is 2.29. The van der Waals surface area contributed by atoms with Gasteiger partial charge in [-0.15, -0.1) is 0 Å². The Morgan fingerprint density at radius 3 is 3.13 bits per heavy atom. The lowest BCUT2D eigenvalue weighted by atomic mass is 10.5. The minimum atomic E-state index is -0.141. The lowest BCUT2D eigenvalue weighted by Crippen LogP contribution is -2.05. The first-order valence-corrected chi connectivity index (χ1v) is 5.96. The predicted octanol–water partition coefficient (Wildman–Crippen LogP) is 1.66. The molecule has 0 fully saturated rings. The molecule has 15 heavy (non-hydrogen) atoms. The van der Waals surface area contributed by atoms with Crippen molar-refractivity contribution in [3.8, 4) is 0 Å². The highest BCUT2D eigenvalue weighted by Gasteiger charge is 1.98. The Bertz CT molecular complexity index is 293. The van der Waals surface area contributed by atoms with Gasteiger partial charge in [-0.25, -0.2) is 9.97 Å². The van der Waals surface area contributed by atoms with Crippen molar-refractivity contribution < 1.29 is 9.53 Å². The fourth-order valence-electron chi connectivity index (χ4n) is 0.897. The minimum absolute atomic E-state index is 0.141. The molecule has 0 saturated heterocycles. The molecule has 0 amide bonds. The molecule has 0 radical (unpaired) electrons. The van der Waals surface area contributed by atoms with Crippen LogP contribution in [-0.2, 0) is 15.3 Å². The van der Waals surface area contributed by atoms with E-state index in [1.165, 1.54) is 6.33 Å². The summed E-state index contributed by atoms with van der Waals surface area (Å²) in [7, 11) is 0. The van der Waals surface area contributed by atoms with Gasteiger partial charge in [0.2, 0.25) is 0 Å². The standard InChI is InChI=1S/C10H14N2O2S/c1-2-10(13)14-5-6-15-7-9-3-4-11-8-12-9/h3-4,8H,2,5-7H2,1H3. The van der Waals surface area contributed by atoms with Gasteiger partial charge in [-0.3, -0.25) is 4.79 Å². The van der Waals surface area contributed by atoms with Gasteiger partial charge in [0.25, 0.3) is 0 Å². The molecule has 82 valence electrons. The number of ether oxygens (including phenoxy) is 1. The summed E-state index contributed by atoms with van der Waals surface area (Å²) in [6.45, 7) is 2.26. The zero-order valence-electron chi connectivity index (χ0n) is 8.68. The third-order valence-electron chi connectivity index (χ3n) is 1.67. The molecular weight excluding hydrogens is 212 g/mol. The summed E-state index contributed by atoms with van der Waals surface area (Å²) in [4.78, 5) is 18.7. The highest BCUT2D eigenvalue weighted by molar-refractivity contribution is 7.98.